The predicted molar refractivity (Wildman–Crippen MR) is 123 cm³/mol. The number of carboxylic acid groups (broad SMARTS) is 1. The van der Waals surface area contributed by atoms with Gasteiger partial charge >= 0.3 is 5.97 Å². The highest BCUT2D eigenvalue weighted by atomic mass is 32.2. The summed E-state index contributed by atoms with van der Waals surface area (Å²) in [6.45, 7) is 1.55. The van der Waals surface area contributed by atoms with Gasteiger partial charge in [0.1, 0.15) is 0 Å². The molecule has 5 heteroatoms. The van der Waals surface area contributed by atoms with Crippen molar-refractivity contribution in [1.29, 1.82) is 0 Å². The minimum absolute atomic E-state index is 0.262. The lowest BCUT2D eigenvalue weighted by Crippen LogP contribution is -2.28. The van der Waals surface area contributed by atoms with Crippen LogP contribution in [0.1, 0.15) is 56.9 Å². The molecule has 1 N–H and O–H groups in total. The lowest BCUT2D eigenvalue weighted by atomic mass is 9.78. The summed E-state index contributed by atoms with van der Waals surface area (Å²) < 4.78 is 12.0. The van der Waals surface area contributed by atoms with Crippen LogP contribution in [0.3, 0.4) is 0 Å². The fourth-order valence-electron chi connectivity index (χ4n) is 4.56. The van der Waals surface area contributed by atoms with Crippen molar-refractivity contribution in [3.05, 3.63) is 48.0 Å². The number of allylic oxidation sites excluding steroid dienone is 2. The summed E-state index contributed by atoms with van der Waals surface area (Å²) in [6.07, 6.45) is 13.0. The molecule has 0 radical (unpaired) electrons. The average molecular weight is 433 g/mol. The van der Waals surface area contributed by atoms with Gasteiger partial charge in [0.25, 0.3) is 0 Å². The standard InChI is InChI=1S/C25H36O4S/c26-25(27)13-7-2-1-6-12-21-22(24-15-14-23(21)29-24)19-30-17-9-8-16-28-18-20-10-4-3-5-11-20/h1,3-6,10-11,21-24H,2,7-9,12-19H2,(H,26,27)/b6-1-/t21-,22+,23-,24+/m1/s1. The zero-order chi connectivity index (χ0) is 21.0. The average Bonchev–Trinajstić information content (AvgIpc) is 3.35. The van der Waals surface area contributed by atoms with Crippen molar-refractivity contribution < 1.29 is 19.4 Å². The number of thioether (sulfide) groups is 1. The number of benzene rings is 1. The molecule has 30 heavy (non-hydrogen) atoms. The molecule has 2 aliphatic rings. The fourth-order valence-corrected chi connectivity index (χ4v) is 5.87. The molecule has 2 saturated heterocycles. The minimum atomic E-state index is -0.704. The van der Waals surface area contributed by atoms with Crippen LogP contribution in [-0.4, -0.2) is 41.4 Å². The topological polar surface area (TPSA) is 55.8 Å². The van der Waals surface area contributed by atoms with E-state index in [1.165, 1.54) is 36.3 Å². The molecule has 1 aromatic rings. The number of ether oxygens (including phenoxy) is 2. The second kappa shape index (κ2) is 13.2. The summed E-state index contributed by atoms with van der Waals surface area (Å²) >= 11 is 2.07. The zero-order valence-corrected chi connectivity index (χ0v) is 18.7. The van der Waals surface area contributed by atoms with Crippen LogP contribution in [0.4, 0.5) is 0 Å². The van der Waals surface area contributed by atoms with Gasteiger partial charge in [-0.3, -0.25) is 4.79 Å². The zero-order valence-electron chi connectivity index (χ0n) is 17.9. The number of carbonyl (C=O) groups is 1. The van der Waals surface area contributed by atoms with Gasteiger partial charge in [0.15, 0.2) is 0 Å². The molecule has 0 aromatic heterocycles. The summed E-state index contributed by atoms with van der Waals surface area (Å²) in [6, 6.07) is 10.4. The van der Waals surface area contributed by atoms with Gasteiger partial charge in [0.05, 0.1) is 18.8 Å². The summed E-state index contributed by atoms with van der Waals surface area (Å²) in [7, 11) is 0. The van der Waals surface area contributed by atoms with Crippen LogP contribution in [-0.2, 0) is 20.9 Å². The van der Waals surface area contributed by atoms with E-state index >= 15 is 0 Å². The first-order chi connectivity index (χ1) is 14.7. The van der Waals surface area contributed by atoms with Crippen molar-refractivity contribution in [3.8, 4) is 0 Å². The van der Waals surface area contributed by atoms with E-state index in [0.717, 1.165) is 32.3 Å². The summed E-state index contributed by atoms with van der Waals surface area (Å²) in [4.78, 5) is 10.6. The molecular weight excluding hydrogens is 396 g/mol. The van der Waals surface area contributed by atoms with Gasteiger partial charge < -0.3 is 14.6 Å². The minimum Gasteiger partial charge on any atom is -0.481 e. The Kier molecular flexibility index (Phi) is 10.3. The molecule has 4 atom stereocenters. The number of fused-ring (bicyclic) bond motifs is 2. The Labute approximate surface area is 185 Å². The van der Waals surface area contributed by atoms with Gasteiger partial charge in [-0.05, 0) is 73.9 Å². The van der Waals surface area contributed by atoms with E-state index in [1.807, 2.05) is 6.07 Å². The molecule has 2 bridgehead atoms. The van der Waals surface area contributed by atoms with Crippen molar-refractivity contribution in [2.45, 2.75) is 70.2 Å². The molecule has 166 valence electrons. The number of unbranched alkanes of at least 4 members (excludes halogenated alkanes) is 2. The van der Waals surface area contributed by atoms with Crippen LogP contribution in [0.2, 0.25) is 0 Å². The monoisotopic (exact) mass is 432 g/mol. The third-order valence-electron chi connectivity index (χ3n) is 6.18. The third kappa shape index (κ3) is 7.75. The molecule has 2 fully saturated rings. The Hall–Kier alpha value is -1.30. The highest BCUT2D eigenvalue weighted by molar-refractivity contribution is 7.99. The number of carboxylic acids is 1. The van der Waals surface area contributed by atoms with Gasteiger partial charge in [-0.1, -0.05) is 42.5 Å². The fraction of sp³-hybridized carbons (Fsp3) is 0.640. The van der Waals surface area contributed by atoms with E-state index in [9.17, 15) is 4.79 Å². The van der Waals surface area contributed by atoms with Crippen molar-refractivity contribution in [2.75, 3.05) is 18.1 Å². The highest BCUT2D eigenvalue weighted by Crippen LogP contribution is 2.46. The van der Waals surface area contributed by atoms with E-state index < -0.39 is 5.97 Å². The van der Waals surface area contributed by atoms with Crippen molar-refractivity contribution >= 4 is 17.7 Å². The first-order valence-electron chi connectivity index (χ1n) is 11.5. The summed E-state index contributed by atoms with van der Waals surface area (Å²) in [5.41, 5.74) is 1.24. The molecule has 3 rings (SSSR count). The third-order valence-corrected chi connectivity index (χ3v) is 7.37. The molecule has 2 heterocycles. The number of hydrogen-bond donors (Lipinski definition) is 1. The van der Waals surface area contributed by atoms with Crippen LogP contribution in [0.15, 0.2) is 42.5 Å². The maximum Gasteiger partial charge on any atom is 0.303 e. The molecule has 0 aliphatic carbocycles. The van der Waals surface area contributed by atoms with Crippen LogP contribution in [0.25, 0.3) is 0 Å². The van der Waals surface area contributed by atoms with Gasteiger partial charge in [-0.25, -0.2) is 0 Å². The lowest BCUT2D eigenvalue weighted by Gasteiger charge is -2.27. The smallest absolute Gasteiger partial charge is 0.303 e. The van der Waals surface area contributed by atoms with Gasteiger partial charge in [-0.15, -0.1) is 0 Å². The van der Waals surface area contributed by atoms with Gasteiger partial charge in [0.2, 0.25) is 0 Å². The van der Waals surface area contributed by atoms with E-state index in [4.69, 9.17) is 14.6 Å². The molecule has 0 saturated carbocycles. The lowest BCUT2D eigenvalue weighted by molar-refractivity contribution is -0.137. The van der Waals surface area contributed by atoms with E-state index in [2.05, 4.69) is 48.2 Å². The van der Waals surface area contributed by atoms with Crippen molar-refractivity contribution in [1.82, 2.24) is 0 Å². The molecule has 0 spiro atoms. The Morgan fingerprint density at radius 1 is 1.10 bits per heavy atom. The van der Waals surface area contributed by atoms with Gasteiger partial charge in [-0.2, -0.15) is 11.8 Å². The highest BCUT2D eigenvalue weighted by Gasteiger charge is 2.47. The van der Waals surface area contributed by atoms with Crippen LogP contribution in [0.5, 0.6) is 0 Å². The molecule has 4 nitrogen and oxygen atoms in total. The second-order valence-corrected chi connectivity index (χ2v) is 9.58. The van der Waals surface area contributed by atoms with Crippen molar-refractivity contribution in [3.63, 3.8) is 0 Å². The first-order valence-corrected chi connectivity index (χ1v) is 12.6. The van der Waals surface area contributed by atoms with E-state index in [-0.39, 0.29) is 6.42 Å². The number of aliphatic carboxylic acids is 1. The molecule has 1 aromatic carbocycles. The quantitative estimate of drug-likeness (QED) is 0.284. The maximum atomic E-state index is 10.6. The van der Waals surface area contributed by atoms with Crippen LogP contribution in [0, 0.1) is 11.8 Å². The van der Waals surface area contributed by atoms with E-state index in [0.29, 0.717) is 30.7 Å². The second-order valence-electron chi connectivity index (χ2n) is 8.43. The Balaban J connectivity index is 1.25. The Morgan fingerprint density at radius 3 is 2.70 bits per heavy atom. The molecular formula is C25H36O4S. The Morgan fingerprint density at radius 2 is 1.90 bits per heavy atom. The maximum absolute atomic E-state index is 10.6. The summed E-state index contributed by atoms with van der Waals surface area (Å²) in [5, 5.41) is 8.71. The van der Waals surface area contributed by atoms with Crippen LogP contribution >= 0.6 is 11.8 Å². The summed E-state index contributed by atoms with van der Waals surface area (Å²) in [5.74, 6) is 3.00. The largest absolute Gasteiger partial charge is 0.481 e. The molecule has 2 aliphatic heterocycles. The molecule has 0 amide bonds. The molecule has 0 unspecified atom stereocenters. The normalized spacial score (nSPS) is 25.3. The number of hydrogen-bond acceptors (Lipinski definition) is 4. The van der Waals surface area contributed by atoms with Crippen molar-refractivity contribution in [2.24, 2.45) is 11.8 Å². The van der Waals surface area contributed by atoms with E-state index in [1.54, 1.807) is 0 Å². The van der Waals surface area contributed by atoms with Gasteiger partial charge in [0, 0.05) is 13.0 Å². The Bertz CT molecular complexity index is 648. The predicted octanol–water partition coefficient (Wildman–Crippen LogP) is 5.71. The first kappa shape index (κ1) is 23.4. The number of rotatable bonds is 15. The van der Waals surface area contributed by atoms with Crippen LogP contribution < -0.4 is 0 Å². The SMILES string of the molecule is O=C(O)CCC/C=C\C[C@@H]1[C@H](CSCCCCOCc2ccccc2)[C@@H]2CC[C@H]1O2.